The second kappa shape index (κ2) is 16.3. The largest absolute Gasteiger partial charge is 0.509 e. The van der Waals surface area contributed by atoms with Crippen LogP contribution in [-0.4, -0.2) is 9.55 Å². The molecule has 312 valence electrons. The fourth-order valence-electron chi connectivity index (χ4n) is 8.88. The van der Waals surface area contributed by atoms with Crippen molar-refractivity contribution in [2.24, 2.45) is 0 Å². The molecule has 2 aromatic heterocycles. The van der Waals surface area contributed by atoms with Crippen molar-refractivity contribution < 1.29 is 25.8 Å². The van der Waals surface area contributed by atoms with Gasteiger partial charge in [0, 0.05) is 66.8 Å². The number of benzene rings is 6. The van der Waals surface area contributed by atoms with Gasteiger partial charge in [-0.05, 0) is 93.8 Å². The number of pyridine rings is 1. The molecule has 0 fully saturated rings. The Bertz CT molecular complexity index is 2810. The second-order valence-electron chi connectivity index (χ2n) is 18.1. The standard InChI is InChI=1S/C55H53N4O.Pt/c1-9-55(10-2,38-19-12-11-13-20-38)39-29-30-56-52(34-39)59-48-24-15-14-23-46(48)47-28-27-45(36-51(47)59)60-44-22-18-21-42(35-44)57-37-58(50-26-17-16-25-49(50)57)43-32-40(53(3,4)5)31-41(33-43)54(6,7)8;/h11-34,37H,9-10H2,1-8H3;/q-3;. The number of anilines is 4. The molecule has 0 bridgehead atoms. The van der Waals surface area contributed by atoms with Crippen molar-refractivity contribution in [3.05, 3.63) is 187 Å². The molecular formula is C55H53N4OPt-3. The van der Waals surface area contributed by atoms with Crippen LogP contribution in [0.1, 0.15) is 90.5 Å². The van der Waals surface area contributed by atoms with E-state index in [1.54, 1.807) is 0 Å². The van der Waals surface area contributed by atoms with Crippen molar-refractivity contribution in [1.82, 2.24) is 9.55 Å². The summed E-state index contributed by atoms with van der Waals surface area (Å²) in [6.45, 7) is 20.4. The number of ether oxygens (including phenoxy) is 1. The van der Waals surface area contributed by atoms with Gasteiger partial charge in [0.05, 0.1) is 0 Å². The molecule has 61 heavy (non-hydrogen) atoms. The van der Waals surface area contributed by atoms with Crippen LogP contribution in [0.25, 0.3) is 27.6 Å². The van der Waals surface area contributed by atoms with E-state index in [0.29, 0.717) is 11.5 Å². The molecule has 6 heteroatoms. The van der Waals surface area contributed by atoms with Gasteiger partial charge >= 0.3 is 0 Å². The average molecular weight is 981 g/mol. The molecular weight excluding hydrogens is 928 g/mol. The number of para-hydroxylation sites is 3. The summed E-state index contributed by atoms with van der Waals surface area (Å²) >= 11 is 0. The minimum atomic E-state index is -0.132. The first kappa shape index (κ1) is 42.1. The number of aromatic nitrogens is 2. The van der Waals surface area contributed by atoms with Gasteiger partial charge in [0.2, 0.25) is 0 Å². The van der Waals surface area contributed by atoms with E-state index in [1.165, 1.54) is 22.3 Å². The smallest absolute Gasteiger partial charge is 0.135 e. The molecule has 0 N–H and O–H groups in total. The summed E-state index contributed by atoms with van der Waals surface area (Å²) in [6, 6.07) is 56.9. The second-order valence-corrected chi connectivity index (χ2v) is 18.1. The number of nitrogens with zero attached hydrogens (tertiary/aromatic N) is 4. The number of hydrogen-bond donors (Lipinski definition) is 0. The SMILES string of the molecule is CCC(CC)(c1ccccc1)c1ccnc(-n2c3[c-]c(Oc4[c-]c(N5[CH-]N(c6cc(C(C)(C)C)cc(C(C)(C)C)c6)c6ccccc65)ccc4)ccc3c3ccccc32)c1.[Pt]. The molecule has 6 aromatic carbocycles. The maximum absolute atomic E-state index is 6.65. The minimum absolute atomic E-state index is 0. The first-order valence-corrected chi connectivity index (χ1v) is 21.2. The van der Waals surface area contributed by atoms with Crippen LogP contribution in [0.2, 0.25) is 0 Å². The van der Waals surface area contributed by atoms with Crippen molar-refractivity contribution in [3.8, 4) is 17.3 Å². The van der Waals surface area contributed by atoms with Crippen LogP contribution in [0.15, 0.2) is 146 Å². The molecule has 0 radical (unpaired) electrons. The number of hydrogen-bond acceptors (Lipinski definition) is 4. The molecule has 1 aliphatic rings. The normalized spacial score (nSPS) is 13.1. The van der Waals surface area contributed by atoms with Gasteiger partial charge in [0.15, 0.2) is 0 Å². The quantitative estimate of drug-likeness (QED) is 0.135. The minimum Gasteiger partial charge on any atom is -0.509 e. The van der Waals surface area contributed by atoms with Gasteiger partial charge in [-0.15, -0.1) is 48.1 Å². The van der Waals surface area contributed by atoms with Crippen LogP contribution < -0.4 is 14.5 Å². The van der Waals surface area contributed by atoms with Crippen LogP contribution in [0.3, 0.4) is 0 Å². The summed E-state index contributed by atoms with van der Waals surface area (Å²) in [5.41, 5.74) is 11.3. The molecule has 5 nitrogen and oxygen atoms in total. The molecule has 0 unspecified atom stereocenters. The Kier molecular flexibility index (Phi) is 11.3. The summed E-state index contributed by atoms with van der Waals surface area (Å²) < 4.78 is 8.88. The maximum atomic E-state index is 6.65. The summed E-state index contributed by atoms with van der Waals surface area (Å²) in [5, 5.41) is 2.24. The van der Waals surface area contributed by atoms with Crippen molar-refractivity contribution in [2.75, 3.05) is 9.80 Å². The third-order valence-corrected chi connectivity index (χ3v) is 12.4. The van der Waals surface area contributed by atoms with Crippen LogP contribution in [0.4, 0.5) is 22.7 Å². The molecule has 0 spiro atoms. The van der Waals surface area contributed by atoms with Crippen molar-refractivity contribution >= 4 is 44.6 Å². The summed E-state index contributed by atoms with van der Waals surface area (Å²) in [5.74, 6) is 2.08. The zero-order chi connectivity index (χ0) is 41.8. The van der Waals surface area contributed by atoms with Gasteiger partial charge in [-0.2, -0.15) is 12.1 Å². The summed E-state index contributed by atoms with van der Waals surface area (Å²) in [7, 11) is 0. The zero-order valence-electron chi connectivity index (χ0n) is 36.4. The Morgan fingerprint density at radius 3 is 1.90 bits per heavy atom. The maximum Gasteiger partial charge on any atom is 0.135 e. The van der Waals surface area contributed by atoms with Crippen molar-refractivity contribution in [1.29, 1.82) is 0 Å². The van der Waals surface area contributed by atoms with E-state index in [1.807, 2.05) is 24.4 Å². The Morgan fingerprint density at radius 2 is 1.21 bits per heavy atom. The fourth-order valence-corrected chi connectivity index (χ4v) is 8.88. The molecule has 1 aliphatic heterocycles. The third-order valence-electron chi connectivity index (χ3n) is 12.4. The summed E-state index contributed by atoms with van der Waals surface area (Å²) in [4.78, 5) is 9.49. The molecule has 0 aliphatic carbocycles. The van der Waals surface area contributed by atoms with E-state index in [0.717, 1.165) is 63.2 Å². The molecule has 9 rings (SSSR count). The Morgan fingerprint density at radius 1 is 0.574 bits per heavy atom. The monoisotopic (exact) mass is 980 g/mol. The number of rotatable bonds is 9. The first-order chi connectivity index (χ1) is 28.9. The van der Waals surface area contributed by atoms with Crippen molar-refractivity contribution in [2.45, 2.75) is 84.5 Å². The Balaban J connectivity index is 0.00000514. The van der Waals surface area contributed by atoms with Gasteiger partial charge in [-0.1, -0.05) is 128 Å². The summed E-state index contributed by atoms with van der Waals surface area (Å²) in [6.07, 6.45) is 3.91. The molecule has 0 amide bonds. The van der Waals surface area contributed by atoms with Gasteiger partial charge in [-0.3, -0.25) is 0 Å². The molecule has 0 saturated heterocycles. The van der Waals surface area contributed by atoms with E-state index in [9.17, 15) is 0 Å². The molecule has 0 saturated carbocycles. The van der Waals surface area contributed by atoms with Crippen molar-refractivity contribution in [3.63, 3.8) is 0 Å². The van der Waals surface area contributed by atoms with Crippen LogP contribution in [0.5, 0.6) is 11.5 Å². The van der Waals surface area contributed by atoms with E-state index in [4.69, 9.17) is 9.72 Å². The Hall–Kier alpha value is -5.64. The van der Waals surface area contributed by atoms with Crippen LogP contribution in [-0.2, 0) is 37.3 Å². The van der Waals surface area contributed by atoms with E-state index >= 15 is 0 Å². The topological polar surface area (TPSA) is 33.5 Å². The van der Waals surface area contributed by atoms with Gasteiger partial charge < -0.3 is 19.1 Å². The fraction of sp³-hybridized carbons (Fsp3) is 0.236. The predicted octanol–water partition coefficient (Wildman–Crippen LogP) is 14.7. The van der Waals surface area contributed by atoms with E-state index < -0.39 is 0 Å². The molecule has 8 aromatic rings. The van der Waals surface area contributed by atoms with E-state index in [-0.39, 0.29) is 37.3 Å². The zero-order valence-corrected chi connectivity index (χ0v) is 38.6. The Labute approximate surface area is 376 Å². The van der Waals surface area contributed by atoms with Crippen LogP contribution in [0, 0.1) is 18.8 Å². The van der Waals surface area contributed by atoms with Crippen LogP contribution >= 0.6 is 0 Å². The average Bonchev–Trinajstić information content (AvgIpc) is 3.80. The predicted molar refractivity (Wildman–Crippen MR) is 249 cm³/mol. The van der Waals surface area contributed by atoms with Gasteiger partial charge in [0.1, 0.15) is 5.82 Å². The van der Waals surface area contributed by atoms with Gasteiger partial charge in [0.25, 0.3) is 0 Å². The number of fused-ring (bicyclic) bond motifs is 4. The molecule has 0 atom stereocenters. The van der Waals surface area contributed by atoms with Gasteiger partial charge in [-0.25, -0.2) is 4.98 Å². The third kappa shape index (κ3) is 7.67. The first-order valence-electron chi connectivity index (χ1n) is 21.2. The van der Waals surface area contributed by atoms with E-state index in [2.05, 4.69) is 210 Å². The molecule has 3 heterocycles.